The molecule has 0 bridgehead atoms. The average molecular weight is 472 g/mol. The van der Waals surface area contributed by atoms with E-state index in [1.807, 2.05) is 0 Å². The summed E-state index contributed by atoms with van der Waals surface area (Å²) in [5.74, 6) is 0. The maximum atomic E-state index is 3.74. The van der Waals surface area contributed by atoms with E-state index >= 15 is 0 Å². The van der Waals surface area contributed by atoms with E-state index in [9.17, 15) is 0 Å². The molecule has 27 heavy (non-hydrogen) atoms. The molecule has 2 aromatic carbocycles. The Balaban J connectivity index is 0. The Labute approximate surface area is 199 Å². The van der Waals surface area contributed by atoms with Gasteiger partial charge in [-0.1, -0.05) is 104 Å². The van der Waals surface area contributed by atoms with Crippen LogP contribution < -0.4 is 47.6 Å². The van der Waals surface area contributed by atoms with E-state index in [2.05, 4.69) is 100 Å². The number of halogens is 3. The predicted octanol–water partition coefficient (Wildman–Crippen LogP) is -4.47. The molecule has 2 aromatic rings. The third-order valence-electron chi connectivity index (χ3n) is 4.86. The zero-order valence-corrected chi connectivity index (χ0v) is 21.0. The summed E-state index contributed by atoms with van der Waals surface area (Å²) in [5, 5.41) is 4.40. The van der Waals surface area contributed by atoms with Crippen LogP contribution in [0.2, 0.25) is 6.55 Å². The molecular formula is C22H25Cl3SiTi. The van der Waals surface area contributed by atoms with Gasteiger partial charge in [-0.15, -0.1) is 6.42 Å². The van der Waals surface area contributed by atoms with E-state index in [1.165, 1.54) is 21.1 Å². The second-order valence-electron chi connectivity index (χ2n) is 7.48. The molecule has 0 aliphatic heterocycles. The summed E-state index contributed by atoms with van der Waals surface area (Å²) in [5.41, 5.74) is 1.65. The molecule has 0 N–H and O–H groups in total. The van der Waals surface area contributed by atoms with Gasteiger partial charge in [0.2, 0.25) is 0 Å². The summed E-state index contributed by atoms with van der Waals surface area (Å²) in [6.45, 7) is 9.43. The maximum Gasteiger partial charge on any atom is 4.00 e. The van der Waals surface area contributed by atoms with Gasteiger partial charge in [-0.2, -0.15) is 11.6 Å². The molecule has 3 rings (SSSR count). The van der Waals surface area contributed by atoms with Crippen molar-refractivity contribution >= 4 is 18.4 Å². The van der Waals surface area contributed by atoms with Gasteiger partial charge in [0.05, 0.1) is 0 Å². The van der Waals surface area contributed by atoms with E-state index in [0.29, 0.717) is 0 Å². The number of hydrogen-bond donors (Lipinski definition) is 0. The first-order valence-corrected chi connectivity index (χ1v) is 10.9. The van der Waals surface area contributed by atoms with Crippen LogP contribution in [0.25, 0.3) is 0 Å². The topological polar surface area (TPSA) is 0 Å². The molecule has 0 amide bonds. The molecule has 0 saturated heterocycles. The molecule has 0 heterocycles. The fourth-order valence-electron chi connectivity index (χ4n) is 3.58. The van der Waals surface area contributed by atoms with Crippen molar-refractivity contribution < 1.29 is 58.9 Å². The quantitative estimate of drug-likeness (QED) is 0.313. The van der Waals surface area contributed by atoms with Gasteiger partial charge in [-0.3, -0.25) is 6.08 Å². The van der Waals surface area contributed by atoms with Crippen molar-refractivity contribution in [1.82, 2.24) is 0 Å². The van der Waals surface area contributed by atoms with Crippen molar-refractivity contribution in [3.05, 3.63) is 83.6 Å². The number of hydrogen-bond acceptors (Lipinski definition) is 0. The Morgan fingerprint density at radius 3 is 1.56 bits per heavy atom. The molecule has 0 unspecified atom stereocenters. The van der Waals surface area contributed by atoms with Gasteiger partial charge in [0.15, 0.2) is 0 Å². The predicted molar refractivity (Wildman–Crippen MR) is 103 cm³/mol. The van der Waals surface area contributed by atoms with Gasteiger partial charge < -0.3 is 37.2 Å². The third kappa shape index (κ3) is 5.85. The number of benzene rings is 2. The first kappa shape index (κ1) is 28.9. The molecule has 1 aliphatic rings. The molecule has 0 radical (unpaired) electrons. The van der Waals surface area contributed by atoms with Crippen LogP contribution in [0.4, 0.5) is 0 Å². The van der Waals surface area contributed by atoms with Crippen LogP contribution >= 0.6 is 0 Å². The minimum absolute atomic E-state index is 0. The zero-order chi connectivity index (χ0) is 16.5. The fourth-order valence-corrected chi connectivity index (χ4v) is 7.68. The molecule has 0 nitrogen and oxygen atoms in total. The van der Waals surface area contributed by atoms with Gasteiger partial charge in [0.25, 0.3) is 0 Å². The molecule has 142 valence electrons. The average Bonchev–Trinajstić information content (AvgIpc) is 3.06. The summed E-state index contributed by atoms with van der Waals surface area (Å²) in [7, 11) is -2.00. The minimum atomic E-state index is -2.00. The number of rotatable bonds is 3. The van der Waals surface area contributed by atoms with Crippen LogP contribution in [0.15, 0.2) is 77.5 Å². The van der Waals surface area contributed by atoms with Crippen molar-refractivity contribution in [2.24, 2.45) is 5.41 Å². The summed E-state index contributed by atoms with van der Waals surface area (Å²) in [4.78, 5) is 0. The standard InChI is InChI=1S/C22H25Si.3ClH.Ti/c1-22(2,3)20-16-11-17-21(20)23(4,18-12-7-5-8-13-18)19-14-9-6-10-15-19;;;;/h5-10,12-16H,11H2,1-4H3;3*1H;/q-1;;;;+4/p-3. The maximum absolute atomic E-state index is 3.74. The van der Waals surface area contributed by atoms with Gasteiger partial charge >= 0.3 is 21.7 Å². The molecular weight excluding hydrogens is 447 g/mol. The van der Waals surface area contributed by atoms with Gasteiger partial charge in [-0.05, 0) is 0 Å². The first-order valence-electron chi connectivity index (χ1n) is 8.37. The van der Waals surface area contributed by atoms with Crippen LogP contribution in [0.1, 0.15) is 27.2 Å². The fraction of sp³-hybridized carbons (Fsp3) is 0.273. The Bertz CT molecular complexity index is 711. The third-order valence-corrected chi connectivity index (χ3v) is 9.29. The van der Waals surface area contributed by atoms with Gasteiger partial charge in [0, 0.05) is 0 Å². The van der Waals surface area contributed by atoms with Crippen molar-refractivity contribution in [2.45, 2.75) is 33.7 Å². The SMILES string of the molecule is CC(C)(C)C1=CC[C-]=C1[Si](C)(c1ccccc1)c1ccccc1.[Cl-].[Cl-].[Cl-].[Ti+4]. The van der Waals surface area contributed by atoms with Gasteiger partial charge in [-0.25, -0.2) is 5.20 Å². The minimum Gasteiger partial charge on any atom is -1.00 e. The van der Waals surface area contributed by atoms with Crippen molar-refractivity contribution in [2.75, 3.05) is 0 Å². The molecule has 0 spiro atoms. The van der Waals surface area contributed by atoms with Crippen LogP contribution in [0.3, 0.4) is 0 Å². The monoisotopic (exact) mass is 470 g/mol. The summed E-state index contributed by atoms with van der Waals surface area (Å²) >= 11 is 0. The second-order valence-corrected chi connectivity index (χ2v) is 11.4. The van der Waals surface area contributed by atoms with Crippen molar-refractivity contribution in [1.29, 1.82) is 0 Å². The molecule has 0 atom stereocenters. The smallest absolute Gasteiger partial charge is 1.00 e. The van der Waals surface area contributed by atoms with Crippen LogP contribution in [-0.4, -0.2) is 8.07 Å². The normalized spacial score (nSPS) is 13.0. The van der Waals surface area contributed by atoms with Crippen LogP contribution in [-0.2, 0) is 21.7 Å². The van der Waals surface area contributed by atoms with E-state index in [0.717, 1.165) is 6.42 Å². The van der Waals surface area contributed by atoms with E-state index in [4.69, 9.17) is 0 Å². The van der Waals surface area contributed by atoms with Crippen molar-refractivity contribution in [3.63, 3.8) is 0 Å². The van der Waals surface area contributed by atoms with Gasteiger partial charge in [0.1, 0.15) is 8.07 Å². The van der Waals surface area contributed by atoms with Crippen LogP contribution in [0, 0.1) is 11.5 Å². The molecule has 0 fully saturated rings. The van der Waals surface area contributed by atoms with Crippen LogP contribution in [0.5, 0.6) is 0 Å². The summed E-state index contributed by atoms with van der Waals surface area (Å²) < 4.78 is 0. The Hall–Kier alpha value is -0.279. The summed E-state index contributed by atoms with van der Waals surface area (Å²) in [6.07, 6.45) is 7.07. The summed E-state index contributed by atoms with van der Waals surface area (Å²) in [6, 6.07) is 22.1. The molecule has 1 aliphatic carbocycles. The Kier molecular flexibility index (Phi) is 12.5. The molecule has 0 saturated carbocycles. The Morgan fingerprint density at radius 2 is 1.19 bits per heavy atom. The zero-order valence-electron chi connectivity index (χ0n) is 16.2. The van der Waals surface area contributed by atoms with E-state index < -0.39 is 8.07 Å². The largest absolute Gasteiger partial charge is 4.00 e. The molecule has 0 aromatic heterocycles. The Morgan fingerprint density at radius 1 is 0.778 bits per heavy atom. The van der Waals surface area contributed by atoms with E-state index in [-0.39, 0.29) is 64.4 Å². The second kappa shape index (κ2) is 11.7. The molecule has 5 heteroatoms. The van der Waals surface area contributed by atoms with Crippen molar-refractivity contribution in [3.8, 4) is 0 Å². The van der Waals surface area contributed by atoms with E-state index in [1.54, 1.807) is 0 Å². The number of allylic oxidation sites excluding steroid dienone is 4. The first-order chi connectivity index (χ1) is 10.9.